The molecule has 2 N–H and O–H groups in total. The molecule has 1 atom stereocenters. The first-order valence-electron chi connectivity index (χ1n) is 10.4. The molecule has 2 fully saturated rings. The predicted molar refractivity (Wildman–Crippen MR) is 105 cm³/mol. The summed E-state index contributed by atoms with van der Waals surface area (Å²) >= 11 is 0. The van der Waals surface area contributed by atoms with Gasteiger partial charge in [-0.25, -0.2) is 0 Å². The van der Waals surface area contributed by atoms with Gasteiger partial charge in [-0.05, 0) is 37.8 Å². The molecule has 2 heterocycles. The van der Waals surface area contributed by atoms with Gasteiger partial charge in [0.1, 0.15) is 0 Å². The van der Waals surface area contributed by atoms with E-state index in [1.165, 1.54) is 38.5 Å². The number of amides is 2. The minimum absolute atomic E-state index is 0.00932. The molecular formula is C21H32N4O2. The number of nitrogens with zero attached hydrogens (tertiary/aromatic N) is 2. The van der Waals surface area contributed by atoms with Gasteiger partial charge in [-0.1, -0.05) is 25.7 Å². The third-order valence-electron chi connectivity index (χ3n) is 5.72. The second kappa shape index (κ2) is 10.4. The lowest BCUT2D eigenvalue weighted by Crippen LogP contribution is -2.46. The molecule has 6 heteroatoms. The number of hydrogen-bond donors (Lipinski definition) is 2. The highest BCUT2D eigenvalue weighted by atomic mass is 16.2. The summed E-state index contributed by atoms with van der Waals surface area (Å²) in [7, 11) is 0. The van der Waals surface area contributed by atoms with Gasteiger partial charge in [-0.2, -0.15) is 0 Å². The van der Waals surface area contributed by atoms with Gasteiger partial charge in [0.05, 0.1) is 5.92 Å². The van der Waals surface area contributed by atoms with Crippen molar-refractivity contribution in [2.75, 3.05) is 26.2 Å². The molecule has 3 rings (SSSR count). The second-order valence-electron chi connectivity index (χ2n) is 7.76. The summed E-state index contributed by atoms with van der Waals surface area (Å²) in [5, 5.41) is 6.64. The van der Waals surface area contributed by atoms with E-state index in [0.717, 1.165) is 19.4 Å². The number of hydrogen-bond acceptors (Lipinski definition) is 4. The molecule has 2 amide bonds. The maximum atomic E-state index is 12.6. The van der Waals surface area contributed by atoms with Gasteiger partial charge in [0, 0.05) is 50.2 Å². The second-order valence-corrected chi connectivity index (χ2v) is 7.76. The molecule has 1 aromatic heterocycles. The van der Waals surface area contributed by atoms with E-state index < -0.39 is 0 Å². The zero-order chi connectivity index (χ0) is 18.9. The van der Waals surface area contributed by atoms with Crippen LogP contribution in [0.4, 0.5) is 0 Å². The number of rotatable bonds is 6. The Morgan fingerprint density at radius 3 is 2.48 bits per heavy atom. The maximum absolute atomic E-state index is 12.6. The lowest BCUT2D eigenvalue weighted by atomic mass is 9.96. The highest BCUT2D eigenvalue weighted by Gasteiger charge is 2.28. The first kappa shape index (κ1) is 19.8. The molecule has 1 aromatic rings. The van der Waals surface area contributed by atoms with E-state index in [2.05, 4.69) is 15.6 Å². The third kappa shape index (κ3) is 6.03. The van der Waals surface area contributed by atoms with Crippen LogP contribution in [0.3, 0.4) is 0 Å². The van der Waals surface area contributed by atoms with Crippen LogP contribution in [-0.4, -0.2) is 53.9 Å². The van der Waals surface area contributed by atoms with Crippen molar-refractivity contribution in [3.63, 3.8) is 0 Å². The van der Waals surface area contributed by atoms with Crippen LogP contribution >= 0.6 is 0 Å². The molecule has 2 aliphatic rings. The number of carbonyl (C=O) groups is 2. The summed E-state index contributed by atoms with van der Waals surface area (Å²) in [6, 6.07) is 4.06. The Morgan fingerprint density at radius 1 is 1.00 bits per heavy atom. The van der Waals surface area contributed by atoms with Gasteiger partial charge in [0.2, 0.25) is 5.91 Å². The Labute approximate surface area is 162 Å². The molecule has 6 nitrogen and oxygen atoms in total. The van der Waals surface area contributed by atoms with E-state index in [1.807, 2.05) is 0 Å². The molecule has 0 aromatic carbocycles. The van der Waals surface area contributed by atoms with Crippen molar-refractivity contribution in [1.29, 1.82) is 0 Å². The fourth-order valence-electron chi connectivity index (χ4n) is 4.14. The lowest BCUT2D eigenvalue weighted by Gasteiger charge is -2.32. The van der Waals surface area contributed by atoms with E-state index in [4.69, 9.17) is 0 Å². The summed E-state index contributed by atoms with van der Waals surface area (Å²) in [4.78, 5) is 30.9. The van der Waals surface area contributed by atoms with E-state index >= 15 is 0 Å². The van der Waals surface area contributed by atoms with Gasteiger partial charge in [-0.3, -0.25) is 14.6 Å². The van der Waals surface area contributed by atoms with Crippen molar-refractivity contribution < 1.29 is 9.59 Å². The summed E-state index contributed by atoms with van der Waals surface area (Å²) in [6.07, 6.45) is 12.8. The molecular weight excluding hydrogens is 340 g/mol. The van der Waals surface area contributed by atoms with E-state index in [0.29, 0.717) is 31.2 Å². The number of piperidine rings is 1. The molecule has 0 spiro atoms. The van der Waals surface area contributed by atoms with Crippen LogP contribution in [0.5, 0.6) is 0 Å². The molecule has 27 heavy (non-hydrogen) atoms. The van der Waals surface area contributed by atoms with Crippen molar-refractivity contribution in [1.82, 2.24) is 20.5 Å². The zero-order valence-electron chi connectivity index (χ0n) is 16.2. The number of aromatic nitrogens is 1. The normalized spacial score (nSPS) is 21.5. The molecule has 1 saturated carbocycles. The monoisotopic (exact) mass is 372 g/mol. The van der Waals surface area contributed by atoms with Crippen molar-refractivity contribution in [2.24, 2.45) is 5.92 Å². The first-order chi connectivity index (χ1) is 13.2. The quantitative estimate of drug-likeness (QED) is 0.594. The topological polar surface area (TPSA) is 74.3 Å². The van der Waals surface area contributed by atoms with Crippen molar-refractivity contribution in [3.8, 4) is 0 Å². The van der Waals surface area contributed by atoms with Gasteiger partial charge in [-0.15, -0.1) is 0 Å². The molecule has 1 aliphatic heterocycles. The molecule has 1 aliphatic carbocycles. The summed E-state index contributed by atoms with van der Waals surface area (Å²) in [6.45, 7) is 2.70. The lowest BCUT2D eigenvalue weighted by molar-refractivity contribution is -0.126. The fourth-order valence-corrected chi connectivity index (χ4v) is 4.14. The van der Waals surface area contributed by atoms with E-state index in [9.17, 15) is 9.59 Å². The number of likely N-dealkylation sites (tertiary alicyclic amines) is 1. The average Bonchev–Trinajstić information content (AvgIpc) is 3.00. The minimum atomic E-state index is -0.109. The van der Waals surface area contributed by atoms with Crippen LogP contribution in [0.25, 0.3) is 0 Å². The molecule has 1 unspecified atom stereocenters. The smallest absolute Gasteiger partial charge is 0.253 e. The standard InChI is InChI=1S/C21H32N4O2/c26-20(24-14-13-23-19-7-3-1-2-4-8-19)18-6-5-15-25(16-18)21(27)17-9-11-22-12-10-17/h9-12,18-19,23H,1-8,13-16H2,(H,24,26). The Morgan fingerprint density at radius 2 is 1.74 bits per heavy atom. The molecule has 1 saturated heterocycles. The molecule has 148 valence electrons. The van der Waals surface area contributed by atoms with Crippen LogP contribution in [0, 0.1) is 5.92 Å². The van der Waals surface area contributed by atoms with Crippen LogP contribution in [0.1, 0.15) is 61.7 Å². The van der Waals surface area contributed by atoms with Gasteiger partial charge in [0.15, 0.2) is 0 Å². The number of pyridine rings is 1. The van der Waals surface area contributed by atoms with Gasteiger partial charge in [0.25, 0.3) is 5.91 Å². The molecule has 0 radical (unpaired) electrons. The van der Waals surface area contributed by atoms with Crippen LogP contribution in [0.2, 0.25) is 0 Å². The minimum Gasteiger partial charge on any atom is -0.355 e. The number of nitrogens with one attached hydrogen (secondary N) is 2. The van der Waals surface area contributed by atoms with Gasteiger partial charge < -0.3 is 15.5 Å². The van der Waals surface area contributed by atoms with Crippen molar-refractivity contribution in [3.05, 3.63) is 30.1 Å². The Kier molecular flexibility index (Phi) is 7.63. The Hall–Kier alpha value is -1.95. The van der Waals surface area contributed by atoms with E-state index in [1.54, 1.807) is 29.4 Å². The van der Waals surface area contributed by atoms with Gasteiger partial charge >= 0.3 is 0 Å². The maximum Gasteiger partial charge on any atom is 0.253 e. The van der Waals surface area contributed by atoms with Crippen molar-refractivity contribution in [2.45, 2.75) is 57.4 Å². The Balaban J connectivity index is 1.39. The Bertz CT molecular complexity index is 599. The van der Waals surface area contributed by atoms with Crippen LogP contribution in [0.15, 0.2) is 24.5 Å². The predicted octanol–water partition coefficient (Wildman–Crippen LogP) is 2.36. The first-order valence-corrected chi connectivity index (χ1v) is 10.4. The zero-order valence-corrected chi connectivity index (χ0v) is 16.2. The van der Waals surface area contributed by atoms with Crippen molar-refractivity contribution >= 4 is 11.8 Å². The fraction of sp³-hybridized carbons (Fsp3) is 0.667. The summed E-state index contributed by atoms with van der Waals surface area (Å²) in [5.41, 5.74) is 0.638. The summed E-state index contributed by atoms with van der Waals surface area (Å²) in [5.74, 6) is -0.0442. The third-order valence-corrected chi connectivity index (χ3v) is 5.72. The largest absolute Gasteiger partial charge is 0.355 e. The van der Waals surface area contributed by atoms with E-state index in [-0.39, 0.29) is 17.7 Å². The average molecular weight is 373 g/mol. The van der Waals surface area contributed by atoms with Crippen LogP contribution < -0.4 is 10.6 Å². The molecule has 0 bridgehead atoms. The van der Waals surface area contributed by atoms with Crippen LogP contribution in [-0.2, 0) is 4.79 Å². The highest BCUT2D eigenvalue weighted by molar-refractivity contribution is 5.94. The number of carbonyl (C=O) groups excluding carboxylic acids is 2. The highest BCUT2D eigenvalue weighted by Crippen LogP contribution is 2.19. The SMILES string of the molecule is O=C(NCCNC1CCCCCC1)C1CCCN(C(=O)c2ccncc2)C1. The summed E-state index contributed by atoms with van der Waals surface area (Å²) < 4.78 is 0.